The van der Waals surface area contributed by atoms with Gasteiger partial charge in [0.1, 0.15) is 11.3 Å². The molecule has 9 heteroatoms. The van der Waals surface area contributed by atoms with Crippen molar-refractivity contribution in [3.05, 3.63) is 33.7 Å². The molecule has 0 aromatic carbocycles. The molecule has 1 atom stereocenters. The molecule has 5 nitrogen and oxygen atoms in total. The van der Waals surface area contributed by atoms with Gasteiger partial charge in [0.2, 0.25) is 0 Å². The van der Waals surface area contributed by atoms with Crippen LogP contribution in [-0.4, -0.2) is 23.5 Å². The van der Waals surface area contributed by atoms with Crippen LogP contribution in [0.5, 0.6) is 0 Å². The molecule has 0 saturated carbocycles. The van der Waals surface area contributed by atoms with Gasteiger partial charge < -0.3 is 16.0 Å². The summed E-state index contributed by atoms with van der Waals surface area (Å²) in [4.78, 5) is 24.5. The van der Waals surface area contributed by atoms with Crippen LogP contribution >= 0.6 is 12.4 Å². The summed E-state index contributed by atoms with van der Waals surface area (Å²) in [5.41, 5.74) is 2.59. The summed E-state index contributed by atoms with van der Waals surface area (Å²) in [5, 5.41) is 2.38. The Bertz CT molecular complexity index is 502. The van der Waals surface area contributed by atoms with Crippen molar-refractivity contribution in [1.29, 1.82) is 0 Å². The Morgan fingerprint density at radius 1 is 1.47 bits per heavy atom. The lowest BCUT2D eigenvalue weighted by Crippen LogP contribution is -2.40. The summed E-state index contributed by atoms with van der Waals surface area (Å²) >= 11 is 0. The van der Waals surface area contributed by atoms with E-state index in [1.807, 2.05) is 0 Å². The molecule has 4 N–H and O–H groups in total. The topological polar surface area (TPSA) is 88.0 Å². The number of rotatable bonds is 3. The summed E-state index contributed by atoms with van der Waals surface area (Å²) in [6.07, 6.45) is -4.65. The second-order valence-electron chi connectivity index (χ2n) is 3.72. The molecule has 0 saturated heterocycles. The van der Waals surface area contributed by atoms with Gasteiger partial charge in [0.25, 0.3) is 11.5 Å². The van der Waals surface area contributed by atoms with Gasteiger partial charge in [-0.2, -0.15) is 13.2 Å². The van der Waals surface area contributed by atoms with E-state index in [0.717, 1.165) is 6.07 Å². The van der Waals surface area contributed by atoms with Crippen LogP contribution in [0.4, 0.5) is 13.2 Å². The maximum Gasteiger partial charge on any atom is 0.431 e. The summed E-state index contributed by atoms with van der Waals surface area (Å²) in [5.74, 6) is -0.761. The number of hydrogen-bond donors (Lipinski definition) is 3. The fourth-order valence-corrected chi connectivity index (χ4v) is 1.18. The minimum atomic E-state index is -4.65. The smallest absolute Gasteiger partial charge is 0.348 e. The summed E-state index contributed by atoms with van der Waals surface area (Å²) in [6, 6.07) is 1.10. The molecule has 1 aromatic heterocycles. The Balaban J connectivity index is 0.00000324. The number of H-pyrrole nitrogens is 1. The first-order chi connectivity index (χ1) is 8.25. The van der Waals surface area contributed by atoms with E-state index in [1.165, 1.54) is 0 Å². The summed E-state index contributed by atoms with van der Waals surface area (Å²) in [6.45, 7) is 1.76. The SMILES string of the molecule is C[C@@H](CN)NC(=O)c1ccc(C(F)(F)F)[nH]c1=O.Cl. The molecular formula is C10H13ClF3N3O2. The average molecular weight is 300 g/mol. The molecule has 19 heavy (non-hydrogen) atoms. The van der Waals surface area contributed by atoms with Gasteiger partial charge in [-0.1, -0.05) is 0 Å². The van der Waals surface area contributed by atoms with E-state index in [2.05, 4.69) is 5.32 Å². The summed E-state index contributed by atoms with van der Waals surface area (Å²) < 4.78 is 36.8. The molecule has 0 radical (unpaired) electrons. The lowest BCUT2D eigenvalue weighted by Gasteiger charge is -2.11. The van der Waals surface area contributed by atoms with Crippen molar-refractivity contribution in [3.63, 3.8) is 0 Å². The number of carbonyl (C=O) groups excluding carboxylic acids is 1. The number of aromatic amines is 1. The first-order valence-corrected chi connectivity index (χ1v) is 5.07. The molecule has 1 rings (SSSR count). The average Bonchev–Trinajstić information content (AvgIpc) is 2.27. The lowest BCUT2D eigenvalue weighted by atomic mass is 10.2. The third-order valence-corrected chi connectivity index (χ3v) is 2.19. The van der Waals surface area contributed by atoms with Crippen LogP contribution in [0.15, 0.2) is 16.9 Å². The fraction of sp³-hybridized carbons (Fsp3) is 0.400. The molecule has 1 aromatic rings. The Labute approximate surface area is 112 Å². The summed E-state index contributed by atoms with van der Waals surface area (Å²) in [7, 11) is 0. The highest BCUT2D eigenvalue weighted by Gasteiger charge is 2.32. The van der Waals surface area contributed by atoms with Crippen LogP contribution in [-0.2, 0) is 6.18 Å². The maximum atomic E-state index is 12.3. The van der Waals surface area contributed by atoms with Gasteiger partial charge in [-0.05, 0) is 19.1 Å². The maximum absolute atomic E-state index is 12.3. The van der Waals surface area contributed by atoms with E-state index in [1.54, 1.807) is 11.9 Å². The van der Waals surface area contributed by atoms with Gasteiger partial charge in [0.05, 0.1) is 0 Å². The van der Waals surface area contributed by atoms with Crippen molar-refractivity contribution < 1.29 is 18.0 Å². The molecule has 0 aliphatic heterocycles. The second-order valence-corrected chi connectivity index (χ2v) is 3.72. The minimum absolute atomic E-state index is 0. The highest BCUT2D eigenvalue weighted by molar-refractivity contribution is 5.93. The number of pyridine rings is 1. The van der Waals surface area contributed by atoms with Crippen LogP contribution in [0.1, 0.15) is 23.0 Å². The third kappa shape index (κ3) is 4.56. The second kappa shape index (κ2) is 6.58. The van der Waals surface area contributed by atoms with Crippen molar-refractivity contribution in [2.45, 2.75) is 19.1 Å². The predicted molar refractivity (Wildman–Crippen MR) is 65.3 cm³/mol. The molecule has 0 aliphatic carbocycles. The van der Waals surface area contributed by atoms with Gasteiger partial charge in [0.15, 0.2) is 0 Å². The Morgan fingerprint density at radius 3 is 2.47 bits per heavy atom. The number of nitrogens with two attached hydrogens (primary N) is 1. The molecule has 0 spiro atoms. The molecule has 0 fully saturated rings. The van der Waals surface area contributed by atoms with E-state index >= 15 is 0 Å². The molecule has 1 amide bonds. The van der Waals surface area contributed by atoms with Gasteiger partial charge in [-0.25, -0.2) is 0 Å². The number of halogens is 4. The van der Waals surface area contributed by atoms with Crippen molar-refractivity contribution >= 4 is 18.3 Å². The lowest BCUT2D eigenvalue weighted by molar-refractivity contribution is -0.141. The van der Waals surface area contributed by atoms with Crippen LogP contribution in [0.2, 0.25) is 0 Å². The van der Waals surface area contributed by atoms with E-state index in [0.29, 0.717) is 6.07 Å². The zero-order chi connectivity index (χ0) is 13.9. The van der Waals surface area contributed by atoms with Crippen molar-refractivity contribution in [2.24, 2.45) is 5.73 Å². The van der Waals surface area contributed by atoms with Crippen molar-refractivity contribution in [3.8, 4) is 0 Å². The number of aromatic nitrogens is 1. The number of carbonyl (C=O) groups is 1. The Hall–Kier alpha value is -1.54. The van der Waals surface area contributed by atoms with Gasteiger partial charge in [-0.3, -0.25) is 9.59 Å². The van der Waals surface area contributed by atoms with Gasteiger partial charge >= 0.3 is 6.18 Å². The minimum Gasteiger partial charge on any atom is -0.348 e. The first kappa shape index (κ1) is 17.5. The monoisotopic (exact) mass is 299 g/mol. The zero-order valence-corrected chi connectivity index (χ0v) is 10.7. The standard InChI is InChI=1S/C10H12F3N3O2.ClH/c1-5(4-14)15-8(17)6-2-3-7(10(11,12)13)16-9(6)18;/h2-3,5H,4,14H2,1H3,(H,15,17)(H,16,18);1H/t5-;/m0./s1. The molecule has 108 valence electrons. The Kier molecular flexibility index (Phi) is 6.04. The van der Waals surface area contributed by atoms with Crippen LogP contribution < -0.4 is 16.6 Å². The number of alkyl halides is 3. The largest absolute Gasteiger partial charge is 0.431 e. The van der Waals surface area contributed by atoms with Gasteiger partial charge in [0, 0.05) is 12.6 Å². The number of nitrogens with one attached hydrogen (secondary N) is 2. The predicted octanol–water partition coefficient (Wildman–Crippen LogP) is 0.893. The van der Waals surface area contributed by atoms with E-state index < -0.39 is 23.3 Å². The Morgan fingerprint density at radius 2 is 2.05 bits per heavy atom. The van der Waals surface area contributed by atoms with Crippen molar-refractivity contribution in [2.75, 3.05) is 6.54 Å². The molecule has 0 aliphatic rings. The molecular weight excluding hydrogens is 287 g/mol. The third-order valence-electron chi connectivity index (χ3n) is 2.19. The molecule has 0 bridgehead atoms. The van der Waals surface area contributed by atoms with E-state index in [4.69, 9.17) is 5.73 Å². The van der Waals surface area contributed by atoms with Crippen LogP contribution in [0, 0.1) is 0 Å². The highest BCUT2D eigenvalue weighted by atomic mass is 35.5. The normalized spacial score (nSPS) is 12.5. The van der Waals surface area contributed by atoms with Crippen LogP contribution in [0.25, 0.3) is 0 Å². The number of amides is 1. The van der Waals surface area contributed by atoms with Crippen molar-refractivity contribution in [1.82, 2.24) is 10.3 Å². The zero-order valence-electron chi connectivity index (χ0n) is 9.88. The van der Waals surface area contributed by atoms with E-state index in [-0.39, 0.29) is 30.6 Å². The quantitative estimate of drug-likeness (QED) is 0.774. The first-order valence-electron chi connectivity index (χ1n) is 5.07. The van der Waals surface area contributed by atoms with Gasteiger partial charge in [-0.15, -0.1) is 12.4 Å². The number of hydrogen-bond acceptors (Lipinski definition) is 3. The fourth-order valence-electron chi connectivity index (χ4n) is 1.18. The molecule has 0 unspecified atom stereocenters. The molecule has 1 heterocycles. The van der Waals surface area contributed by atoms with E-state index in [9.17, 15) is 22.8 Å². The highest BCUT2D eigenvalue weighted by Crippen LogP contribution is 2.26. The van der Waals surface area contributed by atoms with Crippen LogP contribution in [0.3, 0.4) is 0 Å².